The van der Waals surface area contributed by atoms with Crippen LogP contribution in [0.2, 0.25) is 0 Å². The Morgan fingerprint density at radius 3 is 2.86 bits per heavy atom. The molecule has 1 fully saturated rings. The molecule has 1 rings (SSSR count). The monoisotopic (exact) mass is 196 g/mol. The second-order valence-corrected chi connectivity index (χ2v) is 4.39. The molecule has 14 heavy (non-hydrogen) atoms. The molecule has 0 bridgehead atoms. The standard InChI is InChI=1S/C12H24N2/c1-4-14(9-7-11(2)3)10-12-6-5-8-13-12/h12-13H,2,4-10H2,1,3H3. The molecule has 82 valence electrons. The maximum Gasteiger partial charge on any atom is 0.0195 e. The Kier molecular flexibility index (Phi) is 5.20. The van der Waals surface area contributed by atoms with Crippen LogP contribution in [-0.4, -0.2) is 37.1 Å². The summed E-state index contributed by atoms with van der Waals surface area (Å²) in [7, 11) is 0. The van der Waals surface area contributed by atoms with Gasteiger partial charge >= 0.3 is 0 Å². The third-order valence-electron chi connectivity index (χ3n) is 2.94. The number of hydrogen-bond acceptors (Lipinski definition) is 2. The number of likely N-dealkylation sites (N-methyl/N-ethyl adjacent to an activating group) is 1. The molecule has 0 aromatic rings. The molecule has 1 heterocycles. The van der Waals surface area contributed by atoms with Crippen molar-refractivity contribution in [1.29, 1.82) is 0 Å². The average molecular weight is 196 g/mol. The predicted octanol–water partition coefficient (Wildman–Crippen LogP) is 2.03. The van der Waals surface area contributed by atoms with Crippen molar-refractivity contribution in [3.8, 4) is 0 Å². The fourth-order valence-electron chi connectivity index (χ4n) is 1.95. The molecule has 0 aromatic carbocycles. The highest BCUT2D eigenvalue weighted by Crippen LogP contribution is 2.08. The van der Waals surface area contributed by atoms with Crippen LogP contribution in [0.15, 0.2) is 12.2 Å². The molecule has 1 saturated heterocycles. The quantitative estimate of drug-likeness (QED) is 0.654. The molecule has 0 spiro atoms. The van der Waals surface area contributed by atoms with Crippen LogP contribution in [0.3, 0.4) is 0 Å². The summed E-state index contributed by atoms with van der Waals surface area (Å²) < 4.78 is 0. The summed E-state index contributed by atoms with van der Waals surface area (Å²) in [5.41, 5.74) is 1.29. The van der Waals surface area contributed by atoms with Crippen molar-refractivity contribution in [1.82, 2.24) is 10.2 Å². The van der Waals surface area contributed by atoms with Gasteiger partial charge in [-0.25, -0.2) is 0 Å². The highest BCUT2D eigenvalue weighted by atomic mass is 15.1. The first-order chi connectivity index (χ1) is 6.72. The Morgan fingerprint density at radius 1 is 1.57 bits per heavy atom. The Balaban J connectivity index is 2.19. The van der Waals surface area contributed by atoms with Crippen molar-refractivity contribution >= 4 is 0 Å². The molecule has 0 amide bonds. The van der Waals surface area contributed by atoms with Gasteiger partial charge in [-0.05, 0) is 39.3 Å². The third kappa shape index (κ3) is 4.25. The van der Waals surface area contributed by atoms with Crippen LogP contribution in [0.5, 0.6) is 0 Å². The van der Waals surface area contributed by atoms with E-state index in [0.717, 1.165) is 19.0 Å². The Labute approximate surface area is 88.4 Å². The van der Waals surface area contributed by atoms with E-state index in [0.29, 0.717) is 0 Å². The molecule has 1 N–H and O–H groups in total. The van der Waals surface area contributed by atoms with Crippen molar-refractivity contribution in [2.24, 2.45) is 0 Å². The van der Waals surface area contributed by atoms with Crippen molar-refractivity contribution in [3.63, 3.8) is 0 Å². The lowest BCUT2D eigenvalue weighted by Gasteiger charge is -2.24. The van der Waals surface area contributed by atoms with Gasteiger partial charge in [0.1, 0.15) is 0 Å². The fourth-order valence-corrected chi connectivity index (χ4v) is 1.95. The lowest BCUT2D eigenvalue weighted by atomic mass is 10.2. The molecule has 0 saturated carbocycles. The van der Waals surface area contributed by atoms with E-state index >= 15 is 0 Å². The molecule has 0 radical (unpaired) electrons. The molecule has 0 aromatic heterocycles. The molecule has 2 nitrogen and oxygen atoms in total. The number of hydrogen-bond donors (Lipinski definition) is 1. The summed E-state index contributed by atoms with van der Waals surface area (Å²) in [6.07, 6.45) is 3.84. The highest BCUT2D eigenvalue weighted by molar-refractivity contribution is 4.89. The second kappa shape index (κ2) is 6.20. The van der Waals surface area contributed by atoms with E-state index in [1.807, 2.05) is 0 Å². The lowest BCUT2D eigenvalue weighted by Crippen LogP contribution is -2.38. The minimum atomic E-state index is 0.736. The van der Waals surface area contributed by atoms with Crippen molar-refractivity contribution in [3.05, 3.63) is 12.2 Å². The molecular weight excluding hydrogens is 172 g/mol. The van der Waals surface area contributed by atoms with Gasteiger partial charge in [0.25, 0.3) is 0 Å². The van der Waals surface area contributed by atoms with Gasteiger partial charge in [0, 0.05) is 19.1 Å². The van der Waals surface area contributed by atoms with Crippen molar-refractivity contribution in [2.45, 2.75) is 39.2 Å². The number of rotatable bonds is 6. The molecule has 1 unspecified atom stereocenters. The van der Waals surface area contributed by atoms with E-state index in [1.165, 1.54) is 38.0 Å². The Hall–Kier alpha value is -0.340. The summed E-state index contributed by atoms with van der Waals surface area (Å²) in [4.78, 5) is 2.53. The summed E-state index contributed by atoms with van der Waals surface area (Å²) in [5, 5.41) is 3.54. The van der Waals surface area contributed by atoms with Gasteiger partial charge in [0.2, 0.25) is 0 Å². The largest absolute Gasteiger partial charge is 0.313 e. The summed E-state index contributed by atoms with van der Waals surface area (Å²) >= 11 is 0. The van der Waals surface area contributed by atoms with Gasteiger partial charge in [-0.3, -0.25) is 0 Å². The number of nitrogens with zero attached hydrogens (tertiary/aromatic N) is 1. The van der Waals surface area contributed by atoms with Crippen LogP contribution in [0.25, 0.3) is 0 Å². The summed E-state index contributed by atoms with van der Waals surface area (Å²) in [6.45, 7) is 13.1. The minimum absolute atomic E-state index is 0.736. The van der Waals surface area contributed by atoms with Gasteiger partial charge in [-0.2, -0.15) is 0 Å². The molecule has 0 aliphatic carbocycles. The average Bonchev–Trinajstić information content (AvgIpc) is 2.64. The normalized spacial score (nSPS) is 21.8. The van der Waals surface area contributed by atoms with Crippen LogP contribution >= 0.6 is 0 Å². The maximum atomic E-state index is 3.95. The van der Waals surface area contributed by atoms with Crippen LogP contribution in [0.4, 0.5) is 0 Å². The Bertz CT molecular complexity index is 171. The van der Waals surface area contributed by atoms with Gasteiger partial charge in [-0.1, -0.05) is 12.5 Å². The molecule has 2 heteroatoms. The fraction of sp³-hybridized carbons (Fsp3) is 0.833. The second-order valence-electron chi connectivity index (χ2n) is 4.39. The van der Waals surface area contributed by atoms with Crippen LogP contribution in [0.1, 0.15) is 33.1 Å². The van der Waals surface area contributed by atoms with Gasteiger partial charge in [0.05, 0.1) is 0 Å². The van der Waals surface area contributed by atoms with Crippen molar-refractivity contribution in [2.75, 3.05) is 26.2 Å². The van der Waals surface area contributed by atoms with Crippen molar-refractivity contribution < 1.29 is 0 Å². The first-order valence-electron chi connectivity index (χ1n) is 5.82. The SMILES string of the molecule is C=C(C)CCN(CC)CC1CCCN1. The zero-order valence-corrected chi connectivity index (χ0v) is 9.68. The smallest absolute Gasteiger partial charge is 0.0195 e. The first-order valence-corrected chi connectivity index (χ1v) is 5.82. The Morgan fingerprint density at radius 2 is 2.36 bits per heavy atom. The van der Waals surface area contributed by atoms with Crippen LogP contribution in [0, 0.1) is 0 Å². The minimum Gasteiger partial charge on any atom is -0.313 e. The zero-order chi connectivity index (χ0) is 10.4. The lowest BCUT2D eigenvalue weighted by molar-refractivity contribution is 0.264. The van der Waals surface area contributed by atoms with Crippen LogP contribution < -0.4 is 5.32 Å². The van der Waals surface area contributed by atoms with E-state index in [2.05, 4.69) is 30.6 Å². The molecule has 1 atom stereocenters. The summed E-state index contributed by atoms with van der Waals surface area (Å²) in [6, 6.07) is 0.736. The molecule has 1 aliphatic rings. The first kappa shape index (κ1) is 11.7. The highest BCUT2D eigenvalue weighted by Gasteiger charge is 2.16. The molecular formula is C12H24N2. The van der Waals surface area contributed by atoms with E-state index in [9.17, 15) is 0 Å². The molecule has 1 aliphatic heterocycles. The maximum absolute atomic E-state index is 3.95. The van der Waals surface area contributed by atoms with Gasteiger partial charge in [0.15, 0.2) is 0 Å². The van der Waals surface area contributed by atoms with E-state index in [-0.39, 0.29) is 0 Å². The predicted molar refractivity (Wildman–Crippen MR) is 62.6 cm³/mol. The van der Waals surface area contributed by atoms with E-state index in [4.69, 9.17) is 0 Å². The van der Waals surface area contributed by atoms with Gasteiger partial charge in [-0.15, -0.1) is 6.58 Å². The van der Waals surface area contributed by atoms with E-state index < -0.39 is 0 Å². The topological polar surface area (TPSA) is 15.3 Å². The number of nitrogens with one attached hydrogen (secondary N) is 1. The third-order valence-corrected chi connectivity index (χ3v) is 2.94. The van der Waals surface area contributed by atoms with Gasteiger partial charge < -0.3 is 10.2 Å². The summed E-state index contributed by atoms with van der Waals surface area (Å²) in [5.74, 6) is 0. The van der Waals surface area contributed by atoms with E-state index in [1.54, 1.807) is 0 Å². The zero-order valence-electron chi connectivity index (χ0n) is 9.68. The van der Waals surface area contributed by atoms with Crippen LogP contribution in [-0.2, 0) is 0 Å².